The lowest BCUT2D eigenvalue weighted by Crippen LogP contribution is -2.21. The van der Waals surface area contributed by atoms with Gasteiger partial charge in [-0.1, -0.05) is 32.0 Å². The number of fused-ring (bicyclic) bond motifs is 1. The zero-order valence-electron chi connectivity index (χ0n) is 10.0. The van der Waals surface area contributed by atoms with E-state index in [1.54, 1.807) is 11.1 Å². The van der Waals surface area contributed by atoms with Gasteiger partial charge in [0.2, 0.25) is 0 Å². The van der Waals surface area contributed by atoms with E-state index in [9.17, 15) is 0 Å². The van der Waals surface area contributed by atoms with Crippen LogP contribution < -0.4 is 5.32 Å². The fourth-order valence-corrected chi connectivity index (χ4v) is 2.67. The third kappa shape index (κ3) is 2.07. The molecule has 1 unspecified atom stereocenters. The zero-order chi connectivity index (χ0) is 10.8. The van der Waals surface area contributed by atoms with Crippen molar-refractivity contribution in [2.75, 3.05) is 7.05 Å². The highest BCUT2D eigenvalue weighted by atomic mass is 14.9. The summed E-state index contributed by atoms with van der Waals surface area (Å²) >= 11 is 0. The highest BCUT2D eigenvalue weighted by Gasteiger charge is 2.16. The van der Waals surface area contributed by atoms with Gasteiger partial charge in [0.25, 0.3) is 0 Å². The molecule has 0 saturated carbocycles. The summed E-state index contributed by atoms with van der Waals surface area (Å²) in [7, 11) is 2.05. The van der Waals surface area contributed by atoms with E-state index in [1.807, 2.05) is 0 Å². The highest BCUT2D eigenvalue weighted by Crippen LogP contribution is 2.28. The predicted molar refractivity (Wildman–Crippen MR) is 65.1 cm³/mol. The Hall–Kier alpha value is -0.820. The average Bonchev–Trinajstić information content (AvgIpc) is 2.65. The number of hydrogen-bond acceptors (Lipinski definition) is 1. The molecule has 1 aliphatic carbocycles. The minimum atomic E-state index is 0.496. The number of nitrogens with one attached hydrogen (secondary N) is 1. The van der Waals surface area contributed by atoms with Crippen molar-refractivity contribution in [1.29, 1.82) is 0 Å². The lowest BCUT2D eigenvalue weighted by atomic mass is 9.94. The summed E-state index contributed by atoms with van der Waals surface area (Å²) in [6, 6.07) is 7.52. The van der Waals surface area contributed by atoms with Crippen LogP contribution in [0, 0.1) is 5.92 Å². The fraction of sp³-hybridized carbons (Fsp3) is 0.571. The fourth-order valence-electron chi connectivity index (χ4n) is 2.67. The Morgan fingerprint density at radius 1 is 1.13 bits per heavy atom. The van der Waals surface area contributed by atoms with Crippen LogP contribution in [-0.4, -0.2) is 7.05 Å². The minimum absolute atomic E-state index is 0.496. The summed E-state index contributed by atoms with van der Waals surface area (Å²) in [5.41, 5.74) is 4.60. The second kappa shape index (κ2) is 4.36. The summed E-state index contributed by atoms with van der Waals surface area (Å²) < 4.78 is 0. The Morgan fingerprint density at radius 3 is 2.53 bits per heavy atom. The summed E-state index contributed by atoms with van der Waals surface area (Å²) in [6.45, 7) is 4.54. The maximum atomic E-state index is 3.41. The first-order chi connectivity index (χ1) is 7.22. The largest absolute Gasteiger partial charge is 0.313 e. The molecule has 1 aromatic carbocycles. The van der Waals surface area contributed by atoms with Crippen LogP contribution in [-0.2, 0) is 12.8 Å². The number of rotatable bonds is 3. The molecule has 1 aliphatic rings. The molecule has 0 bridgehead atoms. The van der Waals surface area contributed by atoms with E-state index in [1.165, 1.54) is 24.8 Å². The summed E-state index contributed by atoms with van der Waals surface area (Å²) in [4.78, 5) is 0. The van der Waals surface area contributed by atoms with E-state index in [0.717, 1.165) is 0 Å². The molecule has 15 heavy (non-hydrogen) atoms. The molecule has 2 rings (SSSR count). The Balaban J connectivity index is 2.28. The number of aryl methyl sites for hydroxylation is 2. The van der Waals surface area contributed by atoms with Gasteiger partial charge in [0.15, 0.2) is 0 Å². The van der Waals surface area contributed by atoms with Crippen molar-refractivity contribution < 1.29 is 0 Å². The lowest BCUT2D eigenvalue weighted by Gasteiger charge is -2.21. The van der Waals surface area contributed by atoms with E-state index in [4.69, 9.17) is 0 Å². The van der Waals surface area contributed by atoms with Gasteiger partial charge >= 0.3 is 0 Å². The van der Waals surface area contributed by atoms with Gasteiger partial charge in [-0.15, -0.1) is 0 Å². The van der Waals surface area contributed by atoms with Crippen LogP contribution in [0.4, 0.5) is 0 Å². The maximum absolute atomic E-state index is 3.41. The van der Waals surface area contributed by atoms with Gasteiger partial charge in [0.1, 0.15) is 0 Å². The summed E-state index contributed by atoms with van der Waals surface area (Å²) in [6.07, 6.45) is 3.89. The van der Waals surface area contributed by atoms with Crippen molar-refractivity contribution in [2.24, 2.45) is 5.92 Å². The second-order valence-electron chi connectivity index (χ2n) is 4.89. The molecule has 0 saturated heterocycles. The van der Waals surface area contributed by atoms with Crippen molar-refractivity contribution in [3.63, 3.8) is 0 Å². The van der Waals surface area contributed by atoms with Gasteiger partial charge in [-0.2, -0.15) is 0 Å². The average molecular weight is 203 g/mol. The third-order valence-electron chi connectivity index (χ3n) is 3.46. The molecule has 1 heteroatoms. The highest BCUT2D eigenvalue weighted by molar-refractivity contribution is 5.36. The first-order valence-corrected chi connectivity index (χ1v) is 6.01. The first kappa shape index (κ1) is 10.7. The minimum Gasteiger partial charge on any atom is -0.313 e. The van der Waals surface area contributed by atoms with Crippen LogP contribution in [0.1, 0.15) is 43.0 Å². The maximum Gasteiger partial charge on any atom is 0.0340 e. The van der Waals surface area contributed by atoms with E-state index in [2.05, 4.69) is 44.4 Å². The molecule has 0 amide bonds. The molecule has 1 N–H and O–H groups in total. The van der Waals surface area contributed by atoms with Crippen molar-refractivity contribution in [1.82, 2.24) is 5.32 Å². The van der Waals surface area contributed by atoms with Crippen LogP contribution in [0.25, 0.3) is 0 Å². The molecule has 0 aromatic heterocycles. The van der Waals surface area contributed by atoms with Crippen LogP contribution in [0.15, 0.2) is 18.2 Å². The molecule has 0 fully saturated rings. The Kier molecular flexibility index (Phi) is 3.11. The molecule has 82 valence electrons. The third-order valence-corrected chi connectivity index (χ3v) is 3.46. The van der Waals surface area contributed by atoms with Gasteiger partial charge in [0.05, 0.1) is 0 Å². The molecular weight excluding hydrogens is 182 g/mol. The normalized spacial score (nSPS) is 16.8. The molecule has 1 aromatic rings. The second-order valence-corrected chi connectivity index (χ2v) is 4.89. The van der Waals surface area contributed by atoms with Crippen LogP contribution >= 0.6 is 0 Å². The van der Waals surface area contributed by atoms with Crippen molar-refractivity contribution in [3.8, 4) is 0 Å². The molecule has 0 heterocycles. The first-order valence-electron chi connectivity index (χ1n) is 6.01. The quantitative estimate of drug-likeness (QED) is 0.796. The van der Waals surface area contributed by atoms with E-state index in [-0.39, 0.29) is 0 Å². The SMILES string of the molecule is CNC(c1ccc2c(c1)CCC2)C(C)C. The van der Waals surface area contributed by atoms with Crippen molar-refractivity contribution >= 4 is 0 Å². The van der Waals surface area contributed by atoms with Gasteiger partial charge in [-0.05, 0) is 48.9 Å². The number of benzene rings is 1. The molecule has 0 radical (unpaired) electrons. The Bertz CT molecular complexity index is 341. The smallest absolute Gasteiger partial charge is 0.0340 e. The van der Waals surface area contributed by atoms with Crippen LogP contribution in [0.3, 0.4) is 0 Å². The van der Waals surface area contributed by atoms with Gasteiger partial charge in [0, 0.05) is 6.04 Å². The molecule has 1 atom stereocenters. The summed E-state index contributed by atoms with van der Waals surface area (Å²) in [5.74, 6) is 0.648. The standard InChI is InChI=1S/C14H21N/c1-10(2)14(15-3)13-8-7-11-5-4-6-12(11)9-13/h7-10,14-15H,4-6H2,1-3H3. The molecule has 0 spiro atoms. The monoisotopic (exact) mass is 203 g/mol. The Morgan fingerprint density at radius 2 is 1.87 bits per heavy atom. The zero-order valence-corrected chi connectivity index (χ0v) is 10.0. The van der Waals surface area contributed by atoms with Crippen molar-refractivity contribution in [2.45, 2.75) is 39.2 Å². The Labute approximate surface area is 92.9 Å². The van der Waals surface area contributed by atoms with Gasteiger partial charge in [-0.3, -0.25) is 0 Å². The number of hydrogen-bond donors (Lipinski definition) is 1. The molecular formula is C14H21N. The van der Waals surface area contributed by atoms with Gasteiger partial charge < -0.3 is 5.32 Å². The van der Waals surface area contributed by atoms with E-state index < -0.39 is 0 Å². The predicted octanol–water partition coefficient (Wildman–Crippen LogP) is 3.09. The summed E-state index contributed by atoms with van der Waals surface area (Å²) in [5, 5.41) is 3.41. The van der Waals surface area contributed by atoms with Crippen molar-refractivity contribution in [3.05, 3.63) is 34.9 Å². The molecule has 0 aliphatic heterocycles. The van der Waals surface area contributed by atoms with E-state index in [0.29, 0.717) is 12.0 Å². The van der Waals surface area contributed by atoms with Crippen LogP contribution in [0.2, 0.25) is 0 Å². The molecule has 1 nitrogen and oxygen atoms in total. The van der Waals surface area contributed by atoms with Gasteiger partial charge in [-0.25, -0.2) is 0 Å². The lowest BCUT2D eigenvalue weighted by molar-refractivity contribution is 0.443. The van der Waals surface area contributed by atoms with E-state index >= 15 is 0 Å². The topological polar surface area (TPSA) is 12.0 Å². The van der Waals surface area contributed by atoms with Crippen LogP contribution in [0.5, 0.6) is 0 Å².